The second kappa shape index (κ2) is 9.14. The molecule has 3 fully saturated rings. The molecule has 4 heterocycles. The molecule has 6 atom stereocenters. The van der Waals surface area contributed by atoms with Crippen molar-refractivity contribution in [3.8, 4) is 0 Å². The summed E-state index contributed by atoms with van der Waals surface area (Å²) in [5.41, 5.74) is 2.18. The fourth-order valence-electron chi connectivity index (χ4n) is 6.28. The van der Waals surface area contributed by atoms with Crippen molar-refractivity contribution < 1.29 is 19.5 Å². The van der Waals surface area contributed by atoms with Crippen LogP contribution >= 0.6 is 11.8 Å². The second-order valence-electron chi connectivity index (χ2n) is 9.97. The second-order valence-corrected chi connectivity index (χ2v) is 11.6. The van der Waals surface area contributed by atoms with Gasteiger partial charge >= 0.3 is 0 Å². The molecule has 1 aromatic heterocycles. The van der Waals surface area contributed by atoms with Crippen molar-refractivity contribution in [3.05, 3.63) is 54.6 Å². The summed E-state index contributed by atoms with van der Waals surface area (Å²) in [7, 11) is 0. The first-order valence-corrected chi connectivity index (χ1v) is 13.4. The number of amides is 3. The summed E-state index contributed by atoms with van der Waals surface area (Å²) in [6.45, 7) is 1.55. The van der Waals surface area contributed by atoms with Crippen molar-refractivity contribution in [1.82, 2.24) is 25.2 Å². The summed E-state index contributed by atoms with van der Waals surface area (Å²) in [4.78, 5) is 42.6. The van der Waals surface area contributed by atoms with E-state index in [1.807, 2.05) is 54.6 Å². The lowest BCUT2D eigenvalue weighted by molar-refractivity contribution is -0.141. The molecular formula is C26H28N6O4S. The van der Waals surface area contributed by atoms with Crippen LogP contribution in [0.25, 0.3) is 11.0 Å². The van der Waals surface area contributed by atoms with E-state index in [0.717, 1.165) is 17.5 Å². The average Bonchev–Trinajstić information content (AvgIpc) is 3.66. The van der Waals surface area contributed by atoms with Crippen molar-refractivity contribution >= 4 is 46.2 Å². The number of aromatic nitrogens is 3. The molecular weight excluding hydrogens is 492 g/mol. The summed E-state index contributed by atoms with van der Waals surface area (Å²) in [5.74, 6) is -1.92. The highest BCUT2D eigenvalue weighted by Crippen LogP contribution is 2.66. The van der Waals surface area contributed by atoms with Crippen LogP contribution in [0, 0.1) is 11.8 Å². The van der Waals surface area contributed by atoms with Crippen LogP contribution in [0.3, 0.4) is 0 Å². The van der Waals surface area contributed by atoms with Gasteiger partial charge in [0.25, 0.3) is 0 Å². The fraction of sp³-hybridized carbons (Fsp3) is 0.423. The Bertz CT molecular complexity index is 1370. The molecule has 0 radical (unpaired) electrons. The summed E-state index contributed by atoms with van der Waals surface area (Å²) >= 11 is 1.59. The van der Waals surface area contributed by atoms with Gasteiger partial charge in [0.2, 0.25) is 17.7 Å². The maximum Gasteiger partial charge on any atom is 0.245 e. The number of nitrogens with zero attached hydrogens (tertiary/aromatic N) is 4. The molecule has 3 aliphatic rings. The minimum absolute atomic E-state index is 0.0428. The first-order chi connectivity index (χ1) is 17.9. The van der Waals surface area contributed by atoms with Gasteiger partial charge in [-0.1, -0.05) is 35.5 Å². The summed E-state index contributed by atoms with van der Waals surface area (Å²) in [5, 5.41) is 24.1. The summed E-state index contributed by atoms with van der Waals surface area (Å²) in [6, 6.07) is 15.3. The lowest BCUT2D eigenvalue weighted by Gasteiger charge is -2.35. The molecule has 6 rings (SSSR count). The Morgan fingerprint density at radius 1 is 1.16 bits per heavy atom. The van der Waals surface area contributed by atoms with Crippen molar-refractivity contribution in [2.45, 2.75) is 48.5 Å². The van der Waals surface area contributed by atoms with Crippen LogP contribution in [0.2, 0.25) is 0 Å². The Morgan fingerprint density at radius 3 is 2.70 bits per heavy atom. The molecule has 192 valence electrons. The van der Waals surface area contributed by atoms with Gasteiger partial charge in [0.15, 0.2) is 0 Å². The van der Waals surface area contributed by atoms with Crippen LogP contribution in [0.5, 0.6) is 0 Å². The number of anilines is 1. The summed E-state index contributed by atoms with van der Waals surface area (Å²) < 4.78 is 0.882. The van der Waals surface area contributed by atoms with Crippen molar-refractivity contribution in [3.63, 3.8) is 0 Å². The molecule has 3 N–H and O–H groups in total. The molecule has 3 aliphatic heterocycles. The lowest BCUT2D eigenvalue weighted by atomic mass is 9.70. The van der Waals surface area contributed by atoms with Gasteiger partial charge in [-0.25, -0.2) is 4.68 Å². The average molecular weight is 521 g/mol. The molecule has 0 aliphatic carbocycles. The Labute approximate surface area is 217 Å². The number of thioether (sulfide) groups is 1. The number of carbonyl (C=O) groups is 3. The van der Waals surface area contributed by atoms with E-state index in [1.165, 1.54) is 4.90 Å². The third kappa shape index (κ3) is 3.71. The number of hydrogen-bond donors (Lipinski definition) is 3. The Hall–Kier alpha value is -3.44. The molecule has 37 heavy (non-hydrogen) atoms. The highest BCUT2D eigenvalue weighted by Gasteiger charge is 2.74. The van der Waals surface area contributed by atoms with Gasteiger partial charge in [-0.15, -0.1) is 16.9 Å². The van der Waals surface area contributed by atoms with Gasteiger partial charge in [0.05, 0.1) is 34.7 Å². The molecule has 3 aromatic rings. The third-order valence-electron chi connectivity index (χ3n) is 7.89. The Morgan fingerprint density at radius 2 is 1.92 bits per heavy atom. The number of aliphatic hydroxyl groups is 1. The number of fused-ring (bicyclic) bond motifs is 2. The number of likely N-dealkylation sites (tertiary alicyclic amines) is 1. The predicted molar refractivity (Wildman–Crippen MR) is 138 cm³/mol. The normalized spacial score (nSPS) is 28.9. The van der Waals surface area contributed by atoms with E-state index < -0.39 is 28.7 Å². The minimum atomic E-state index is -0.800. The first-order valence-electron chi connectivity index (χ1n) is 12.5. The van der Waals surface area contributed by atoms with Crippen molar-refractivity contribution in [1.29, 1.82) is 0 Å². The molecule has 2 bridgehead atoms. The van der Waals surface area contributed by atoms with E-state index >= 15 is 0 Å². The van der Waals surface area contributed by atoms with Gasteiger partial charge in [0, 0.05) is 10.9 Å². The maximum atomic E-state index is 13.9. The quantitative estimate of drug-likeness (QED) is 0.432. The SMILES string of the molecule is C[C@H](CO)N1C(=O)[C@@H]2[C@@H](C(=O)Nc3ccccc3)[C@H]3CCC2(S3)C1C(=O)NCn1nnc2ccccc21. The zero-order chi connectivity index (χ0) is 25.7. The van der Waals surface area contributed by atoms with Crippen LogP contribution in [0.4, 0.5) is 5.69 Å². The van der Waals surface area contributed by atoms with Gasteiger partial charge in [0.1, 0.15) is 18.2 Å². The molecule has 2 aromatic carbocycles. The van der Waals surface area contributed by atoms with Crippen LogP contribution in [-0.4, -0.2) is 71.4 Å². The number of carbonyl (C=O) groups excluding carboxylic acids is 3. The van der Waals surface area contributed by atoms with Crippen LogP contribution < -0.4 is 10.6 Å². The van der Waals surface area contributed by atoms with E-state index in [9.17, 15) is 19.5 Å². The third-order valence-corrected chi connectivity index (χ3v) is 9.84. The van der Waals surface area contributed by atoms with Gasteiger partial charge in [-0.2, -0.15) is 0 Å². The molecule has 0 saturated carbocycles. The van der Waals surface area contributed by atoms with Gasteiger partial charge in [-0.3, -0.25) is 14.4 Å². The number of hydrogen-bond acceptors (Lipinski definition) is 7. The molecule has 3 saturated heterocycles. The van der Waals surface area contributed by atoms with E-state index in [1.54, 1.807) is 23.4 Å². The Balaban J connectivity index is 1.29. The number of rotatable bonds is 7. The molecule has 3 amide bonds. The van der Waals surface area contributed by atoms with E-state index in [4.69, 9.17) is 0 Å². The monoisotopic (exact) mass is 520 g/mol. The minimum Gasteiger partial charge on any atom is -0.394 e. The smallest absolute Gasteiger partial charge is 0.245 e. The fourth-order valence-corrected chi connectivity index (χ4v) is 8.49. The molecule has 11 heteroatoms. The van der Waals surface area contributed by atoms with Gasteiger partial charge in [-0.05, 0) is 44.0 Å². The number of aliphatic hydroxyl groups excluding tert-OH is 1. The van der Waals surface area contributed by atoms with Crippen LogP contribution in [-0.2, 0) is 21.1 Å². The van der Waals surface area contributed by atoms with Crippen LogP contribution in [0.1, 0.15) is 19.8 Å². The Kier molecular flexibility index (Phi) is 5.91. The van der Waals surface area contributed by atoms with Gasteiger partial charge < -0.3 is 20.6 Å². The highest BCUT2D eigenvalue weighted by atomic mass is 32.2. The van der Waals surface area contributed by atoms with Crippen LogP contribution in [0.15, 0.2) is 54.6 Å². The number of benzene rings is 2. The number of para-hydroxylation sites is 2. The zero-order valence-corrected chi connectivity index (χ0v) is 21.1. The first kappa shape index (κ1) is 23.9. The molecule has 10 nitrogen and oxygen atoms in total. The zero-order valence-electron chi connectivity index (χ0n) is 20.3. The summed E-state index contributed by atoms with van der Waals surface area (Å²) in [6.07, 6.45) is 1.41. The van der Waals surface area contributed by atoms with Crippen molar-refractivity contribution in [2.75, 3.05) is 11.9 Å². The van der Waals surface area contributed by atoms with E-state index in [2.05, 4.69) is 20.9 Å². The molecule has 1 spiro atoms. The van der Waals surface area contributed by atoms with E-state index in [0.29, 0.717) is 12.1 Å². The topological polar surface area (TPSA) is 129 Å². The van der Waals surface area contributed by atoms with E-state index in [-0.39, 0.29) is 36.2 Å². The predicted octanol–water partition coefficient (Wildman–Crippen LogP) is 1.62. The number of nitrogens with one attached hydrogen (secondary N) is 2. The van der Waals surface area contributed by atoms with Crippen molar-refractivity contribution in [2.24, 2.45) is 11.8 Å². The maximum absolute atomic E-state index is 13.9. The molecule has 2 unspecified atom stereocenters. The lowest BCUT2D eigenvalue weighted by Crippen LogP contribution is -2.56. The largest absolute Gasteiger partial charge is 0.394 e. The highest BCUT2D eigenvalue weighted by molar-refractivity contribution is 8.02. The standard InChI is InChI=1S/C26H28N6O4S/c1-15(13-33)32-22(24(35)27-14-31-18-10-6-5-9-17(18)29-30-31)26-12-11-19(37-26)20(21(26)25(32)36)23(34)28-16-7-3-2-4-8-16/h2-10,15,19-22,33H,11-14H2,1H3,(H,27,35)(H,28,34)/t15-,19-,20+,21+,22?,26?/m1/s1.